The van der Waals surface area contributed by atoms with E-state index in [0.717, 1.165) is 0 Å². The number of aromatic amines is 1. The van der Waals surface area contributed by atoms with Gasteiger partial charge in [-0.2, -0.15) is 0 Å². The predicted molar refractivity (Wildman–Crippen MR) is 54.7 cm³/mol. The molecule has 0 bridgehead atoms. The third-order valence-corrected chi connectivity index (χ3v) is 1.99. The van der Waals surface area contributed by atoms with E-state index in [2.05, 4.69) is 9.72 Å². The van der Waals surface area contributed by atoms with Crippen LogP contribution in [0.3, 0.4) is 0 Å². The van der Waals surface area contributed by atoms with Crippen molar-refractivity contribution < 1.29 is 19.7 Å². The molecule has 0 spiro atoms. The lowest BCUT2D eigenvalue weighted by molar-refractivity contribution is -0.159. The first kappa shape index (κ1) is 12.4. The van der Waals surface area contributed by atoms with Gasteiger partial charge in [0.05, 0.1) is 6.61 Å². The van der Waals surface area contributed by atoms with Crippen LogP contribution in [0.1, 0.15) is 18.6 Å². The van der Waals surface area contributed by atoms with E-state index in [-0.39, 0.29) is 12.2 Å². The van der Waals surface area contributed by atoms with Crippen molar-refractivity contribution in [2.75, 3.05) is 6.61 Å². The summed E-state index contributed by atoms with van der Waals surface area (Å²) in [6, 6.07) is 2.81. The third-order valence-electron chi connectivity index (χ3n) is 1.99. The highest BCUT2D eigenvalue weighted by molar-refractivity contribution is 5.75. The van der Waals surface area contributed by atoms with E-state index < -0.39 is 23.7 Å². The number of aliphatic hydroxyl groups excluding tert-OH is 2. The van der Waals surface area contributed by atoms with Crippen LogP contribution in [0.4, 0.5) is 0 Å². The monoisotopic (exact) mass is 227 g/mol. The molecule has 0 saturated heterocycles. The molecule has 0 aromatic carbocycles. The van der Waals surface area contributed by atoms with Crippen molar-refractivity contribution in [3.8, 4) is 0 Å². The SMILES string of the molecule is CCOC(=O)C(O)C(O)c1ccc[nH]c1=O. The van der Waals surface area contributed by atoms with Crippen LogP contribution in [0.2, 0.25) is 0 Å². The Morgan fingerprint density at radius 3 is 2.81 bits per heavy atom. The highest BCUT2D eigenvalue weighted by atomic mass is 16.5. The molecule has 3 N–H and O–H groups in total. The lowest BCUT2D eigenvalue weighted by atomic mass is 10.1. The van der Waals surface area contributed by atoms with Crippen LogP contribution in [0.5, 0.6) is 0 Å². The molecule has 0 aliphatic carbocycles. The molecule has 88 valence electrons. The van der Waals surface area contributed by atoms with Gasteiger partial charge in [-0.15, -0.1) is 0 Å². The molecule has 0 aliphatic rings. The Morgan fingerprint density at radius 1 is 1.56 bits per heavy atom. The number of carbonyl (C=O) groups is 1. The number of ether oxygens (including phenoxy) is 1. The van der Waals surface area contributed by atoms with E-state index in [1.54, 1.807) is 6.92 Å². The van der Waals surface area contributed by atoms with Gasteiger partial charge in [-0.1, -0.05) is 0 Å². The summed E-state index contributed by atoms with van der Waals surface area (Å²) in [5.74, 6) is -0.960. The minimum Gasteiger partial charge on any atom is -0.464 e. The third kappa shape index (κ3) is 2.68. The topological polar surface area (TPSA) is 99.6 Å². The van der Waals surface area contributed by atoms with E-state index in [4.69, 9.17) is 0 Å². The molecular formula is C10H13NO5. The zero-order valence-corrected chi connectivity index (χ0v) is 8.71. The van der Waals surface area contributed by atoms with Gasteiger partial charge in [0.15, 0.2) is 6.10 Å². The van der Waals surface area contributed by atoms with Crippen molar-refractivity contribution in [1.82, 2.24) is 4.98 Å². The Bertz CT molecular complexity index is 414. The molecule has 1 rings (SSSR count). The Kier molecular flexibility index (Phi) is 4.21. The molecule has 0 fully saturated rings. The fourth-order valence-corrected chi connectivity index (χ4v) is 1.19. The first-order valence-electron chi connectivity index (χ1n) is 4.78. The van der Waals surface area contributed by atoms with E-state index in [9.17, 15) is 19.8 Å². The minimum absolute atomic E-state index is 0.0805. The van der Waals surface area contributed by atoms with Crippen LogP contribution in [-0.2, 0) is 9.53 Å². The molecule has 16 heavy (non-hydrogen) atoms. The van der Waals surface area contributed by atoms with Gasteiger partial charge in [0.2, 0.25) is 0 Å². The molecule has 1 aromatic heterocycles. The second-order valence-electron chi connectivity index (χ2n) is 3.10. The highest BCUT2D eigenvalue weighted by Gasteiger charge is 2.28. The molecule has 0 amide bonds. The number of nitrogens with one attached hydrogen (secondary N) is 1. The Morgan fingerprint density at radius 2 is 2.25 bits per heavy atom. The van der Waals surface area contributed by atoms with Gasteiger partial charge in [-0.3, -0.25) is 4.79 Å². The summed E-state index contributed by atoms with van der Waals surface area (Å²) in [4.78, 5) is 24.7. The average Bonchev–Trinajstić information content (AvgIpc) is 2.28. The highest BCUT2D eigenvalue weighted by Crippen LogP contribution is 2.13. The molecule has 0 radical (unpaired) electrons. The normalized spacial score (nSPS) is 14.2. The number of hydrogen-bond donors (Lipinski definition) is 3. The second kappa shape index (κ2) is 5.43. The second-order valence-corrected chi connectivity index (χ2v) is 3.10. The van der Waals surface area contributed by atoms with Gasteiger partial charge in [0.25, 0.3) is 5.56 Å². The van der Waals surface area contributed by atoms with Crippen molar-refractivity contribution in [3.05, 3.63) is 34.2 Å². The number of H-pyrrole nitrogens is 1. The zero-order valence-electron chi connectivity index (χ0n) is 8.71. The van der Waals surface area contributed by atoms with Gasteiger partial charge in [-0.05, 0) is 19.1 Å². The first-order valence-corrected chi connectivity index (χ1v) is 4.78. The summed E-state index contributed by atoms with van der Waals surface area (Å²) in [6.45, 7) is 1.67. The molecular weight excluding hydrogens is 214 g/mol. The van der Waals surface area contributed by atoms with Crippen LogP contribution in [0, 0.1) is 0 Å². The smallest absolute Gasteiger partial charge is 0.338 e. The molecule has 2 atom stereocenters. The maximum absolute atomic E-state index is 11.3. The number of hydrogen-bond acceptors (Lipinski definition) is 5. The molecule has 0 saturated carbocycles. The standard InChI is InChI=1S/C10H13NO5/c1-2-16-10(15)8(13)7(12)6-4-3-5-11-9(6)14/h3-5,7-8,12-13H,2H2,1H3,(H,11,14). The molecule has 1 aromatic rings. The maximum atomic E-state index is 11.3. The number of esters is 1. The largest absolute Gasteiger partial charge is 0.464 e. The first-order chi connectivity index (χ1) is 7.57. The van der Waals surface area contributed by atoms with Gasteiger partial charge < -0.3 is 19.9 Å². The van der Waals surface area contributed by atoms with Gasteiger partial charge in [-0.25, -0.2) is 4.79 Å². The maximum Gasteiger partial charge on any atom is 0.338 e. The minimum atomic E-state index is -1.76. The van der Waals surface area contributed by atoms with Crippen molar-refractivity contribution in [1.29, 1.82) is 0 Å². The summed E-state index contributed by atoms with van der Waals surface area (Å²) < 4.78 is 4.52. The number of aromatic nitrogens is 1. The lowest BCUT2D eigenvalue weighted by Crippen LogP contribution is -2.32. The van der Waals surface area contributed by atoms with Crippen molar-refractivity contribution >= 4 is 5.97 Å². The summed E-state index contributed by atoms with van der Waals surface area (Å²) in [5.41, 5.74) is -0.638. The summed E-state index contributed by atoms with van der Waals surface area (Å²) in [6.07, 6.45) is -1.97. The Labute approximate surface area is 91.5 Å². The van der Waals surface area contributed by atoms with Crippen LogP contribution < -0.4 is 5.56 Å². The average molecular weight is 227 g/mol. The van der Waals surface area contributed by atoms with Crippen LogP contribution in [0.25, 0.3) is 0 Å². The van der Waals surface area contributed by atoms with Crippen LogP contribution in [0.15, 0.2) is 23.1 Å². The van der Waals surface area contributed by atoms with Gasteiger partial charge >= 0.3 is 5.97 Å². The van der Waals surface area contributed by atoms with Crippen molar-refractivity contribution in [3.63, 3.8) is 0 Å². The van der Waals surface area contributed by atoms with E-state index in [1.807, 2.05) is 0 Å². The number of rotatable bonds is 4. The Balaban J connectivity index is 2.86. The molecule has 0 aliphatic heterocycles. The van der Waals surface area contributed by atoms with Crippen LogP contribution >= 0.6 is 0 Å². The molecule has 1 heterocycles. The number of carbonyl (C=O) groups excluding carboxylic acids is 1. The van der Waals surface area contributed by atoms with Crippen molar-refractivity contribution in [2.45, 2.75) is 19.1 Å². The molecule has 6 heteroatoms. The fraction of sp³-hybridized carbons (Fsp3) is 0.400. The van der Waals surface area contributed by atoms with Crippen LogP contribution in [-0.4, -0.2) is 33.9 Å². The van der Waals surface area contributed by atoms with Gasteiger partial charge in [0.1, 0.15) is 6.10 Å². The number of pyridine rings is 1. The number of aliphatic hydroxyl groups is 2. The fourth-order valence-electron chi connectivity index (χ4n) is 1.19. The predicted octanol–water partition coefficient (Wildman–Crippen LogP) is -0.668. The van der Waals surface area contributed by atoms with E-state index >= 15 is 0 Å². The Hall–Kier alpha value is -1.66. The lowest BCUT2D eigenvalue weighted by Gasteiger charge is -2.15. The van der Waals surface area contributed by atoms with Gasteiger partial charge in [0, 0.05) is 11.8 Å². The molecule has 6 nitrogen and oxygen atoms in total. The zero-order chi connectivity index (χ0) is 12.1. The quantitative estimate of drug-likeness (QED) is 0.592. The summed E-state index contributed by atoms with van der Waals surface area (Å²) >= 11 is 0. The van der Waals surface area contributed by atoms with Crippen molar-refractivity contribution in [2.24, 2.45) is 0 Å². The van der Waals surface area contributed by atoms with E-state index in [1.165, 1.54) is 18.3 Å². The van der Waals surface area contributed by atoms with E-state index in [0.29, 0.717) is 0 Å². The molecule has 2 unspecified atom stereocenters. The summed E-state index contributed by atoms with van der Waals surface area (Å²) in [5, 5.41) is 19.0. The summed E-state index contributed by atoms with van der Waals surface area (Å²) in [7, 11) is 0.